The molecule has 0 amide bonds. The number of hydrogen-bond acceptors (Lipinski definition) is 1. The molecule has 0 saturated heterocycles. The van der Waals surface area contributed by atoms with E-state index >= 15 is 0 Å². The number of halogens is 2. The van der Waals surface area contributed by atoms with Crippen molar-refractivity contribution in [1.82, 2.24) is 0 Å². The van der Waals surface area contributed by atoms with Gasteiger partial charge in [0.05, 0.1) is 12.0 Å². The molecule has 1 nitrogen and oxygen atoms in total. The van der Waals surface area contributed by atoms with Crippen LogP contribution in [0.25, 0.3) is 0 Å². The van der Waals surface area contributed by atoms with Gasteiger partial charge in [-0.15, -0.1) is 0 Å². The standard InChI is InChI=1S/C17H28F2O/c1-15(2,3)17(18,19)20-10-16(4)13-6-11-5-12(8-13)9-14(16)7-11/h11-14H,5-10H2,1-4H3. The highest BCUT2D eigenvalue weighted by atomic mass is 19.3. The molecule has 0 N–H and O–H groups in total. The Morgan fingerprint density at radius 3 is 1.80 bits per heavy atom. The smallest absolute Gasteiger partial charge is 0.319 e. The summed E-state index contributed by atoms with van der Waals surface area (Å²) in [5, 5.41) is 0. The molecule has 4 fully saturated rings. The van der Waals surface area contributed by atoms with Crippen LogP contribution in [0.2, 0.25) is 0 Å². The number of alkyl halides is 2. The number of hydrogen-bond donors (Lipinski definition) is 0. The van der Waals surface area contributed by atoms with Gasteiger partial charge in [-0.2, -0.15) is 8.78 Å². The Morgan fingerprint density at radius 2 is 1.40 bits per heavy atom. The van der Waals surface area contributed by atoms with Crippen LogP contribution in [-0.4, -0.2) is 12.7 Å². The highest BCUT2D eigenvalue weighted by Gasteiger charge is 2.56. The van der Waals surface area contributed by atoms with Crippen LogP contribution in [-0.2, 0) is 4.74 Å². The van der Waals surface area contributed by atoms with Crippen molar-refractivity contribution < 1.29 is 13.5 Å². The van der Waals surface area contributed by atoms with Crippen LogP contribution in [0.4, 0.5) is 8.78 Å². The lowest BCUT2D eigenvalue weighted by atomic mass is 9.46. The molecule has 4 aliphatic carbocycles. The third-order valence-corrected chi connectivity index (χ3v) is 6.44. The molecular formula is C17H28F2O. The summed E-state index contributed by atoms with van der Waals surface area (Å²) in [7, 11) is 0. The topological polar surface area (TPSA) is 9.23 Å². The predicted molar refractivity (Wildman–Crippen MR) is 75.5 cm³/mol. The van der Waals surface area contributed by atoms with Crippen LogP contribution < -0.4 is 0 Å². The molecule has 0 atom stereocenters. The van der Waals surface area contributed by atoms with Crippen LogP contribution in [0.5, 0.6) is 0 Å². The maximum atomic E-state index is 14.1. The van der Waals surface area contributed by atoms with Crippen molar-refractivity contribution in [1.29, 1.82) is 0 Å². The second-order valence-corrected chi connectivity index (χ2v) is 8.87. The Hall–Kier alpha value is -0.180. The average molecular weight is 286 g/mol. The fourth-order valence-electron chi connectivity index (χ4n) is 4.96. The lowest BCUT2D eigenvalue weighted by molar-refractivity contribution is -0.315. The summed E-state index contributed by atoms with van der Waals surface area (Å²) in [6.45, 7) is 7.08. The zero-order valence-electron chi connectivity index (χ0n) is 13.2. The Bertz CT molecular complexity index is 355. The molecule has 3 heteroatoms. The van der Waals surface area contributed by atoms with Crippen molar-refractivity contribution >= 4 is 0 Å². The van der Waals surface area contributed by atoms with Gasteiger partial charge in [-0.1, -0.05) is 27.7 Å². The molecule has 116 valence electrons. The SMILES string of the molecule is CC1(COC(F)(F)C(C)(C)C)C2CC3CC(C2)CC1C3. The molecule has 0 aromatic rings. The maximum absolute atomic E-state index is 14.1. The molecule has 4 saturated carbocycles. The van der Waals surface area contributed by atoms with Crippen molar-refractivity contribution in [2.75, 3.05) is 6.61 Å². The van der Waals surface area contributed by atoms with Gasteiger partial charge in [0.25, 0.3) is 0 Å². The van der Waals surface area contributed by atoms with E-state index < -0.39 is 11.5 Å². The third kappa shape index (κ3) is 2.20. The van der Waals surface area contributed by atoms with Crippen molar-refractivity contribution in [3.63, 3.8) is 0 Å². The fraction of sp³-hybridized carbons (Fsp3) is 1.00. The van der Waals surface area contributed by atoms with E-state index in [1.165, 1.54) is 32.1 Å². The van der Waals surface area contributed by atoms with Gasteiger partial charge < -0.3 is 4.74 Å². The molecule has 0 heterocycles. The van der Waals surface area contributed by atoms with E-state index in [0.717, 1.165) is 11.8 Å². The first-order valence-electron chi connectivity index (χ1n) is 8.13. The molecule has 4 bridgehead atoms. The van der Waals surface area contributed by atoms with Gasteiger partial charge in [0.15, 0.2) is 0 Å². The number of rotatable bonds is 3. The summed E-state index contributed by atoms with van der Waals surface area (Å²) in [5.41, 5.74) is -1.16. The van der Waals surface area contributed by atoms with E-state index in [1.54, 1.807) is 20.8 Å². The Morgan fingerprint density at radius 1 is 0.950 bits per heavy atom. The first-order valence-corrected chi connectivity index (χ1v) is 8.13. The average Bonchev–Trinajstić information content (AvgIpc) is 2.31. The summed E-state index contributed by atoms with van der Waals surface area (Å²) >= 11 is 0. The monoisotopic (exact) mass is 286 g/mol. The van der Waals surface area contributed by atoms with Crippen LogP contribution in [0.1, 0.15) is 59.8 Å². The van der Waals surface area contributed by atoms with E-state index in [1.807, 2.05) is 0 Å². The summed E-state index contributed by atoms with van der Waals surface area (Å²) in [5.74, 6) is 2.95. The minimum atomic E-state index is -3.04. The van der Waals surface area contributed by atoms with Crippen LogP contribution in [0.3, 0.4) is 0 Å². The molecule has 0 spiro atoms. The highest BCUT2D eigenvalue weighted by molar-refractivity contribution is 5.04. The van der Waals surface area contributed by atoms with E-state index in [4.69, 9.17) is 4.74 Å². The Balaban J connectivity index is 1.71. The van der Waals surface area contributed by atoms with Crippen molar-refractivity contribution in [2.24, 2.45) is 34.5 Å². The summed E-state index contributed by atoms with van der Waals surface area (Å²) in [4.78, 5) is 0. The predicted octanol–water partition coefficient (Wildman–Crippen LogP) is 5.10. The molecule has 0 aromatic carbocycles. The fourth-order valence-corrected chi connectivity index (χ4v) is 4.96. The third-order valence-electron chi connectivity index (χ3n) is 6.44. The van der Waals surface area contributed by atoms with Crippen molar-refractivity contribution in [3.05, 3.63) is 0 Å². The van der Waals surface area contributed by atoms with Gasteiger partial charge in [-0.3, -0.25) is 0 Å². The second-order valence-electron chi connectivity index (χ2n) is 8.87. The Kier molecular flexibility index (Phi) is 3.25. The van der Waals surface area contributed by atoms with Gasteiger partial charge in [0.2, 0.25) is 0 Å². The van der Waals surface area contributed by atoms with Crippen molar-refractivity contribution in [2.45, 2.75) is 65.9 Å². The zero-order valence-corrected chi connectivity index (χ0v) is 13.2. The molecule has 0 aliphatic heterocycles. The van der Waals surface area contributed by atoms with Gasteiger partial charge in [0.1, 0.15) is 0 Å². The molecule has 4 rings (SSSR count). The first kappa shape index (κ1) is 14.7. The van der Waals surface area contributed by atoms with Crippen LogP contribution in [0, 0.1) is 34.5 Å². The van der Waals surface area contributed by atoms with Crippen LogP contribution >= 0.6 is 0 Å². The lowest BCUT2D eigenvalue weighted by Crippen LogP contribution is -2.54. The number of ether oxygens (including phenoxy) is 1. The van der Waals surface area contributed by atoms with Gasteiger partial charge >= 0.3 is 6.11 Å². The van der Waals surface area contributed by atoms with E-state index in [-0.39, 0.29) is 12.0 Å². The molecule has 0 aromatic heterocycles. The molecule has 0 radical (unpaired) electrons. The van der Waals surface area contributed by atoms with E-state index in [0.29, 0.717) is 11.8 Å². The van der Waals surface area contributed by atoms with E-state index in [9.17, 15) is 8.78 Å². The maximum Gasteiger partial charge on any atom is 0.360 e. The molecule has 20 heavy (non-hydrogen) atoms. The summed E-state index contributed by atoms with van der Waals surface area (Å²) in [6, 6.07) is 0. The second kappa shape index (κ2) is 4.41. The lowest BCUT2D eigenvalue weighted by Gasteiger charge is -2.60. The Labute approximate surface area is 121 Å². The minimum Gasteiger partial charge on any atom is -0.319 e. The molecule has 4 aliphatic rings. The minimum absolute atomic E-state index is 0.0257. The highest BCUT2D eigenvalue weighted by Crippen LogP contribution is 2.62. The van der Waals surface area contributed by atoms with Crippen LogP contribution in [0.15, 0.2) is 0 Å². The zero-order chi connectivity index (χ0) is 14.8. The summed E-state index contributed by atoms with van der Waals surface area (Å²) in [6.07, 6.45) is 3.33. The van der Waals surface area contributed by atoms with Gasteiger partial charge in [-0.25, -0.2) is 0 Å². The largest absolute Gasteiger partial charge is 0.360 e. The van der Waals surface area contributed by atoms with Gasteiger partial charge in [-0.05, 0) is 61.2 Å². The van der Waals surface area contributed by atoms with Crippen molar-refractivity contribution in [3.8, 4) is 0 Å². The quantitative estimate of drug-likeness (QED) is 0.701. The normalized spacial score (nSPS) is 44.1. The van der Waals surface area contributed by atoms with E-state index in [2.05, 4.69) is 6.92 Å². The molecular weight excluding hydrogens is 258 g/mol. The first-order chi connectivity index (χ1) is 9.12. The van der Waals surface area contributed by atoms with Gasteiger partial charge in [0, 0.05) is 0 Å². The summed E-state index contributed by atoms with van der Waals surface area (Å²) < 4.78 is 33.4. The molecule has 0 unspecified atom stereocenters.